The number of benzene rings is 1. The van der Waals surface area contributed by atoms with Crippen LogP contribution in [-0.4, -0.2) is 39.6 Å². The van der Waals surface area contributed by atoms with Crippen LogP contribution in [0.5, 0.6) is 0 Å². The van der Waals surface area contributed by atoms with Gasteiger partial charge in [0.2, 0.25) is 11.0 Å². The quantitative estimate of drug-likeness (QED) is 0.690. The van der Waals surface area contributed by atoms with Gasteiger partial charge in [-0.3, -0.25) is 14.9 Å². The molecular formula is C19H18N6O2S. The van der Waals surface area contributed by atoms with Crippen molar-refractivity contribution in [1.82, 2.24) is 15.2 Å². The standard InChI is InChI=1S/C19H18N6O2S/c1-12-2-5-14(6-3-12)25-9-8-15(18(25)27)22-16-7-4-13(10-20-16)17(26)23-19-24-21-11-28-19/h2-7,10-11,15H,8-9H2,1H3,(H,20,22)(H,23,24,26). The maximum Gasteiger partial charge on any atom is 0.259 e. The van der Waals surface area contributed by atoms with Crippen LogP contribution < -0.4 is 15.5 Å². The average Bonchev–Trinajstić information content (AvgIpc) is 3.34. The largest absolute Gasteiger partial charge is 0.358 e. The molecule has 0 bridgehead atoms. The number of anilines is 3. The first-order chi connectivity index (χ1) is 13.6. The van der Waals surface area contributed by atoms with Crippen molar-refractivity contribution in [2.75, 3.05) is 22.1 Å². The molecule has 1 fully saturated rings. The van der Waals surface area contributed by atoms with Gasteiger partial charge < -0.3 is 10.2 Å². The summed E-state index contributed by atoms with van der Waals surface area (Å²) in [6, 6.07) is 10.9. The predicted molar refractivity (Wildman–Crippen MR) is 108 cm³/mol. The number of aryl methyl sites for hydroxylation is 1. The summed E-state index contributed by atoms with van der Waals surface area (Å²) < 4.78 is 0. The van der Waals surface area contributed by atoms with Crippen LogP contribution in [0.15, 0.2) is 48.1 Å². The normalized spacial score (nSPS) is 16.2. The first-order valence-electron chi connectivity index (χ1n) is 8.78. The van der Waals surface area contributed by atoms with Crippen LogP contribution in [0.4, 0.5) is 16.6 Å². The Hall–Kier alpha value is -3.33. The van der Waals surface area contributed by atoms with E-state index in [9.17, 15) is 9.59 Å². The monoisotopic (exact) mass is 394 g/mol. The van der Waals surface area contributed by atoms with Crippen molar-refractivity contribution >= 4 is 39.8 Å². The summed E-state index contributed by atoms with van der Waals surface area (Å²) in [6.45, 7) is 2.67. The highest BCUT2D eigenvalue weighted by molar-refractivity contribution is 7.13. The number of aromatic nitrogens is 3. The Morgan fingerprint density at radius 2 is 2.04 bits per heavy atom. The fraction of sp³-hybridized carbons (Fsp3) is 0.211. The van der Waals surface area contributed by atoms with Crippen LogP contribution in [-0.2, 0) is 4.79 Å². The molecule has 2 aromatic heterocycles. The molecule has 1 unspecified atom stereocenters. The van der Waals surface area contributed by atoms with E-state index in [1.165, 1.54) is 17.5 Å². The van der Waals surface area contributed by atoms with Gasteiger partial charge in [-0.15, -0.1) is 10.2 Å². The fourth-order valence-corrected chi connectivity index (χ4v) is 3.42. The summed E-state index contributed by atoms with van der Waals surface area (Å²) >= 11 is 1.24. The van der Waals surface area contributed by atoms with Gasteiger partial charge in [-0.2, -0.15) is 0 Å². The highest BCUT2D eigenvalue weighted by Crippen LogP contribution is 2.23. The lowest BCUT2D eigenvalue weighted by atomic mass is 10.2. The maximum absolute atomic E-state index is 12.7. The van der Waals surface area contributed by atoms with E-state index in [4.69, 9.17) is 0 Å². The highest BCUT2D eigenvalue weighted by Gasteiger charge is 2.32. The van der Waals surface area contributed by atoms with Crippen molar-refractivity contribution < 1.29 is 9.59 Å². The van der Waals surface area contributed by atoms with Gasteiger partial charge in [-0.05, 0) is 37.6 Å². The van der Waals surface area contributed by atoms with E-state index in [0.717, 1.165) is 11.3 Å². The van der Waals surface area contributed by atoms with Crippen LogP contribution in [0.2, 0.25) is 0 Å². The van der Waals surface area contributed by atoms with E-state index in [1.54, 1.807) is 22.5 Å². The summed E-state index contributed by atoms with van der Waals surface area (Å²) in [5, 5.41) is 13.7. The lowest BCUT2D eigenvalue weighted by Gasteiger charge is -2.17. The van der Waals surface area contributed by atoms with E-state index >= 15 is 0 Å². The van der Waals surface area contributed by atoms with Crippen molar-refractivity contribution in [3.05, 3.63) is 59.2 Å². The SMILES string of the molecule is Cc1ccc(N2CCC(Nc3ccc(C(=O)Nc4nncs4)cn3)C2=O)cc1. The van der Waals surface area contributed by atoms with Gasteiger partial charge in [-0.25, -0.2) is 4.98 Å². The second-order valence-corrected chi connectivity index (χ2v) is 7.27. The molecule has 1 saturated heterocycles. The maximum atomic E-state index is 12.7. The molecule has 0 spiro atoms. The lowest BCUT2D eigenvalue weighted by molar-refractivity contribution is -0.117. The summed E-state index contributed by atoms with van der Waals surface area (Å²) in [5.41, 5.74) is 4.00. The zero-order valence-electron chi connectivity index (χ0n) is 15.1. The topological polar surface area (TPSA) is 100 Å². The molecule has 28 heavy (non-hydrogen) atoms. The van der Waals surface area contributed by atoms with E-state index in [1.807, 2.05) is 31.2 Å². The Kier molecular flexibility index (Phi) is 4.98. The summed E-state index contributed by atoms with van der Waals surface area (Å²) in [7, 11) is 0. The number of hydrogen-bond acceptors (Lipinski definition) is 7. The smallest absolute Gasteiger partial charge is 0.259 e. The molecule has 2 N–H and O–H groups in total. The number of nitrogens with one attached hydrogen (secondary N) is 2. The fourth-order valence-electron chi connectivity index (χ4n) is 2.98. The summed E-state index contributed by atoms with van der Waals surface area (Å²) in [4.78, 5) is 30.9. The first kappa shape index (κ1) is 18.1. The molecular weight excluding hydrogens is 376 g/mol. The Morgan fingerprint density at radius 1 is 1.21 bits per heavy atom. The molecule has 0 aliphatic carbocycles. The minimum Gasteiger partial charge on any atom is -0.358 e. The number of rotatable bonds is 5. The molecule has 1 aliphatic heterocycles. The zero-order chi connectivity index (χ0) is 19.5. The van der Waals surface area contributed by atoms with Crippen molar-refractivity contribution in [3.8, 4) is 0 Å². The van der Waals surface area contributed by atoms with Crippen molar-refractivity contribution in [2.24, 2.45) is 0 Å². The van der Waals surface area contributed by atoms with Crippen LogP contribution >= 0.6 is 11.3 Å². The molecule has 4 rings (SSSR count). The van der Waals surface area contributed by atoms with E-state index in [0.29, 0.717) is 29.5 Å². The Labute approximate surface area is 165 Å². The molecule has 2 amide bonds. The second-order valence-electron chi connectivity index (χ2n) is 6.44. The molecule has 0 saturated carbocycles. The van der Waals surface area contributed by atoms with Gasteiger partial charge in [0.1, 0.15) is 17.4 Å². The molecule has 1 aromatic carbocycles. The lowest BCUT2D eigenvalue weighted by Crippen LogP contribution is -2.33. The van der Waals surface area contributed by atoms with Gasteiger partial charge in [-0.1, -0.05) is 29.0 Å². The summed E-state index contributed by atoms with van der Waals surface area (Å²) in [5.74, 6) is 0.263. The minimum atomic E-state index is -0.338. The number of nitrogens with zero attached hydrogens (tertiary/aromatic N) is 4. The first-order valence-corrected chi connectivity index (χ1v) is 9.66. The van der Waals surface area contributed by atoms with E-state index in [-0.39, 0.29) is 17.9 Å². The number of amides is 2. The van der Waals surface area contributed by atoms with Gasteiger partial charge >= 0.3 is 0 Å². The molecule has 8 nitrogen and oxygen atoms in total. The minimum absolute atomic E-state index is 0.0174. The number of carbonyl (C=O) groups is 2. The van der Waals surface area contributed by atoms with Crippen molar-refractivity contribution in [1.29, 1.82) is 0 Å². The van der Waals surface area contributed by atoms with Crippen LogP contribution in [0.1, 0.15) is 22.3 Å². The van der Waals surface area contributed by atoms with Crippen LogP contribution in [0, 0.1) is 6.92 Å². The van der Waals surface area contributed by atoms with Crippen molar-refractivity contribution in [2.45, 2.75) is 19.4 Å². The predicted octanol–water partition coefficient (Wildman–Crippen LogP) is 2.71. The van der Waals surface area contributed by atoms with Crippen LogP contribution in [0.3, 0.4) is 0 Å². The Balaban J connectivity index is 1.38. The molecule has 3 aromatic rings. The zero-order valence-corrected chi connectivity index (χ0v) is 15.9. The van der Waals surface area contributed by atoms with Gasteiger partial charge in [0.05, 0.1) is 5.56 Å². The van der Waals surface area contributed by atoms with Gasteiger partial charge in [0.15, 0.2) is 0 Å². The van der Waals surface area contributed by atoms with Crippen LogP contribution in [0.25, 0.3) is 0 Å². The third kappa shape index (κ3) is 3.84. The third-order valence-corrected chi connectivity index (χ3v) is 5.09. The molecule has 1 atom stereocenters. The van der Waals surface area contributed by atoms with Crippen molar-refractivity contribution in [3.63, 3.8) is 0 Å². The van der Waals surface area contributed by atoms with Gasteiger partial charge in [0, 0.05) is 18.4 Å². The Bertz CT molecular complexity index is 973. The molecule has 0 radical (unpaired) electrons. The Morgan fingerprint density at radius 3 is 2.71 bits per heavy atom. The van der Waals surface area contributed by atoms with E-state index < -0.39 is 0 Å². The number of hydrogen-bond donors (Lipinski definition) is 2. The highest BCUT2D eigenvalue weighted by atomic mass is 32.1. The van der Waals surface area contributed by atoms with E-state index in [2.05, 4.69) is 25.8 Å². The average molecular weight is 394 g/mol. The van der Waals surface area contributed by atoms with Gasteiger partial charge in [0.25, 0.3) is 5.91 Å². The molecule has 9 heteroatoms. The third-order valence-electron chi connectivity index (χ3n) is 4.48. The summed E-state index contributed by atoms with van der Waals surface area (Å²) in [6.07, 6.45) is 2.16. The molecule has 3 heterocycles. The molecule has 142 valence electrons. The second kappa shape index (κ2) is 7.73. The number of carbonyl (C=O) groups excluding carboxylic acids is 2. The molecule has 1 aliphatic rings. The number of pyridine rings is 1.